The van der Waals surface area contributed by atoms with Crippen LogP contribution in [0.2, 0.25) is 0 Å². The molecule has 0 atom stereocenters. The van der Waals surface area contributed by atoms with Gasteiger partial charge in [-0.2, -0.15) is 0 Å². The van der Waals surface area contributed by atoms with E-state index in [1.165, 1.54) is 0 Å². The van der Waals surface area contributed by atoms with Crippen molar-refractivity contribution in [2.75, 3.05) is 4.90 Å². The van der Waals surface area contributed by atoms with Crippen molar-refractivity contribution in [1.29, 1.82) is 0 Å². The smallest absolute Gasteiger partial charge is 0.271 e. The molecule has 1 aliphatic heterocycles. The summed E-state index contributed by atoms with van der Waals surface area (Å²) in [5.74, 6) is 0.813. The summed E-state index contributed by atoms with van der Waals surface area (Å²) in [6.45, 7) is 5.06. The first-order chi connectivity index (χ1) is 11.6. The first-order valence-corrected chi connectivity index (χ1v) is 8.51. The second-order valence-electron chi connectivity index (χ2n) is 6.18. The Bertz CT molecular complexity index is 721. The number of amides is 1. The maximum absolute atomic E-state index is 13.2. The Morgan fingerprint density at radius 1 is 1.00 bits per heavy atom. The van der Waals surface area contributed by atoms with E-state index >= 15 is 0 Å². The molecule has 1 heterocycles. The largest absolute Gasteiger partial charge is 0.475 e. The molecule has 2 aromatic rings. The topological polar surface area (TPSA) is 55.6 Å². The highest BCUT2D eigenvalue weighted by Gasteiger charge is 2.45. The van der Waals surface area contributed by atoms with E-state index in [1.54, 1.807) is 0 Å². The number of ether oxygens (including phenoxy) is 1. The number of hydrogen-bond donors (Lipinski definition) is 1. The fraction of sp³-hybridized carbons (Fsp3) is 0.350. The van der Waals surface area contributed by atoms with E-state index in [9.17, 15) is 4.79 Å². The molecule has 0 saturated heterocycles. The van der Waals surface area contributed by atoms with Crippen LogP contribution in [0.5, 0.6) is 5.75 Å². The summed E-state index contributed by atoms with van der Waals surface area (Å²) in [6.07, 6.45) is 1.30. The molecule has 1 amide bonds. The third kappa shape index (κ3) is 2.78. The number of nitrogens with two attached hydrogens (primary N) is 1. The van der Waals surface area contributed by atoms with Gasteiger partial charge in [0, 0.05) is 6.54 Å². The highest BCUT2D eigenvalue weighted by atomic mass is 16.5. The van der Waals surface area contributed by atoms with Crippen molar-refractivity contribution in [3.05, 3.63) is 59.7 Å². The quantitative estimate of drug-likeness (QED) is 0.914. The van der Waals surface area contributed by atoms with Gasteiger partial charge in [-0.25, -0.2) is 0 Å². The third-order valence-electron chi connectivity index (χ3n) is 4.84. The summed E-state index contributed by atoms with van der Waals surface area (Å²) in [5, 5.41) is 0. The predicted octanol–water partition coefficient (Wildman–Crippen LogP) is 3.63. The molecule has 0 bridgehead atoms. The zero-order valence-electron chi connectivity index (χ0n) is 14.3. The standard InChI is InChI=1S/C20H24N2O2/c1-3-20(4-2)19(23)22(17-7-5-6-8-18(17)24-20)14-16-11-9-15(13-21)10-12-16/h5-12H,3-4,13-14,21H2,1-2H3. The van der Waals surface area contributed by atoms with Crippen LogP contribution in [0, 0.1) is 0 Å². The number of benzene rings is 2. The molecule has 1 aliphatic rings. The maximum Gasteiger partial charge on any atom is 0.271 e. The van der Waals surface area contributed by atoms with Gasteiger partial charge in [0.05, 0.1) is 12.2 Å². The number of hydrogen-bond acceptors (Lipinski definition) is 3. The average molecular weight is 324 g/mol. The van der Waals surface area contributed by atoms with Crippen LogP contribution in [-0.2, 0) is 17.9 Å². The Morgan fingerprint density at radius 3 is 2.25 bits per heavy atom. The number of fused-ring (bicyclic) bond motifs is 1. The minimum atomic E-state index is -0.772. The number of rotatable bonds is 5. The van der Waals surface area contributed by atoms with Gasteiger partial charge in [0.2, 0.25) is 0 Å². The second-order valence-corrected chi connectivity index (χ2v) is 6.18. The Kier molecular flexibility index (Phi) is 4.58. The van der Waals surface area contributed by atoms with Crippen LogP contribution < -0.4 is 15.4 Å². The molecule has 0 fully saturated rings. The van der Waals surface area contributed by atoms with Crippen molar-refractivity contribution in [3.8, 4) is 5.75 Å². The maximum atomic E-state index is 13.2. The highest BCUT2D eigenvalue weighted by molar-refractivity contribution is 6.02. The number of nitrogens with zero attached hydrogens (tertiary/aromatic N) is 1. The summed E-state index contributed by atoms with van der Waals surface area (Å²) in [4.78, 5) is 15.0. The first-order valence-electron chi connectivity index (χ1n) is 8.51. The molecule has 3 rings (SSSR count). The number of carbonyl (C=O) groups is 1. The normalized spacial score (nSPS) is 15.8. The van der Waals surface area contributed by atoms with Gasteiger partial charge in [0.1, 0.15) is 5.75 Å². The molecule has 4 nitrogen and oxygen atoms in total. The van der Waals surface area contributed by atoms with Gasteiger partial charge in [0.15, 0.2) is 5.60 Å². The van der Waals surface area contributed by atoms with Gasteiger partial charge >= 0.3 is 0 Å². The lowest BCUT2D eigenvalue weighted by Crippen LogP contribution is -2.55. The minimum Gasteiger partial charge on any atom is -0.475 e. The Hall–Kier alpha value is -2.33. The molecular weight excluding hydrogens is 300 g/mol. The first kappa shape index (κ1) is 16.5. The third-order valence-corrected chi connectivity index (χ3v) is 4.84. The molecule has 24 heavy (non-hydrogen) atoms. The predicted molar refractivity (Wildman–Crippen MR) is 95.9 cm³/mol. The van der Waals surface area contributed by atoms with E-state index in [1.807, 2.05) is 67.3 Å². The van der Waals surface area contributed by atoms with E-state index in [0.717, 1.165) is 22.6 Å². The Labute approximate surface area is 143 Å². The summed E-state index contributed by atoms with van der Waals surface area (Å²) >= 11 is 0. The van der Waals surface area contributed by atoms with Crippen molar-refractivity contribution in [3.63, 3.8) is 0 Å². The van der Waals surface area contributed by atoms with Crippen molar-refractivity contribution in [1.82, 2.24) is 0 Å². The van der Waals surface area contributed by atoms with Crippen molar-refractivity contribution in [2.24, 2.45) is 5.73 Å². The lowest BCUT2D eigenvalue weighted by molar-refractivity contribution is -0.136. The van der Waals surface area contributed by atoms with Crippen molar-refractivity contribution < 1.29 is 9.53 Å². The summed E-state index contributed by atoms with van der Waals surface area (Å²) in [5.41, 5.74) is 7.89. The zero-order valence-corrected chi connectivity index (χ0v) is 14.3. The average Bonchev–Trinajstić information content (AvgIpc) is 2.64. The highest BCUT2D eigenvalue weighted by Crippen LogP contribution is 2.41. The van der Waals surface area contributed by atoms with Crippen LogP contribution in [0.25, 0.3) is 0 Å². The van der Waals surface area contributed by atoms with E-state index in [2.05, 4.69) is 0 Å². The fourth-order valence-electron chi connectivity index (χ4n) is 3.19. The Morgan fingerprint density at radius 2 is 1.62 bits per heavy atom. The monoisotopic (exact) mass is 324 g/mol. The van der Waals surface area contributed by atoms with Crippen LogP contribution in [0.4, 0.5) is 5.69 Å². The van der Waals surface area contributed by atoms with Crippen LogP contribution in [0.1, 0.15) is 37.8 Å². The number of para-hydroxylation sites is 2. The van der Waals surface area contributed by atoms with E-state index < -0.39 is 5.60 Å². The molecule has 0 unspecified atom stereocenters. The molecule has 126 valence electrons. The second kappa shape index (κ2) is 6.65. The lowest BCUT2D eigenvalue weighted by atomic mass is 9.92. The summed E-state index contributed by atoms with van der Waals surface area (Å²) in [7, 11) is 0. The summed E-state index contributed by atoms with van der Waals surface area (Å²) in [6, 6.07) is 15.9. The van der Waals surface area contributed by atoms with Gasteiger partial charge in [-0.1, -0.05) is 50.2 Å². The van der Waals surface area contributed by atoms with Crippen molar-refractivity contribution in [2.45, 2.75) is 45.4 Å². The van der Waals surface area contributed by atoms with Gasteiger partial charge in [-0.15, -0.1) is 0 Å². The number of carbonyl (C=O) groups excluding carboxylic acids is 1. The van der Waals surface area contributed by atoms with E-state index in [-0.39, 0.29) is 5.91 Å². The lowest BCUT2D eigenvalue weighted by Gasteiger charge is -2.42. The van der Waals surface area contributed by atoms with Crippen LogP contribution in [0.15, 0.2) is 48.5 Å². The van der Waals surface area contributed by atoms with Crippen molar-refractivity contribution >= 4 is 11.6 Å². The molecule has 0 radical (unpaired) electrons. The van der Waals surface area contributed by atoms with Crippen LogP contribution in [-0.4, -0.2) is 11.5 Å². The van der Waals surface area contributed by atoms with Crippen LogP contribution in [0.3, 0.4) is 0 Å². The zero-order chi connectivity index (χ0) is 17.2. The molecule has 2 aromatic carbocycles. The fourth-order valence-corrected chi connectivity index (χ4v) is 3.19. The van der Waals surface area contributed by atoms with Crippen LogP contribution >= 0.6 is 0 Å². The molecule has 4 heteroatoms. The Balaban J connectivity index is 1.98. The van der Waals surface area contributed by atoms with Gasteiger partial charge < -0.3 is 15.4 Å². The molecule has 0 spiro atoms. The van der Waals surface area contributed by atoms with Gasteiger partial charge in [-0.3, -0.25) is 4.79 Å². The summed E-state index contributed by atoms with van der Waals surface area (Å²) < 4.78 is 6.13. The molecule has 0 aliphatic carbocycles. The SMILES string of the molecule is CCC1(CC)Oc2ccccc2N(Cc2ccc(CN)cc2)C1=O. The molecule has 0 saturated carbocycles. The van der Waals surface area contributed by atoms with E-state index in [0.29, 0.717) is 25.9 Å². The van der Waals surface area contributed by atoms with Gasteiger partial charge in [-0.05, 0) is 36.1 Å². The molecule has 2 N–H and O–H groups in total. The minimum absolute atomic E-state index is 0.0362. The van der Waals surface area contributed by atoms with Gasteiger partial charge in [0.25, 0.3) is 5.91 Å². The number of anilines is 1. The molecule has 0 aromatic heterocycles. The van der Waals surface area contributed by atoms with E-state index in [4.69, 9.17) is 10.5 Å². The molecular formula is C20H24N2O2.